The quantitative estimate of drug-likeness (QED) is 0.371. The van der Waals surface area contributed by atoms with Crippen molar-refractivity contribution in [3.8, 4) is 16.9 Å². The van der Waals surface area contributed by atoms with Crippen LogP contribution in [0.4, 0.5) is 13.2 Å². The van der Waals surface area contributed by atoms with Crippen molar-refractivity contribution in [1.82, 2.24) is 0 Å². The second-order valence-electron chi connectivity index (χ2n) is 10.3. The molecule has 0 spiro atoms. The van der Waals surface area contributed by atoms with E-state index < -0.39 is 23.8 Å². The third-order valence-corrected chi connectivity index (χ3v) is 5.89. The van der Waals surface area contributed by atoms with Gasteiger partial charge < -0.3 is 10.5 Å². The van der Waals surface area contributed by atoms with Crippen LogP contribution in [0, 0.1) is 5.92 Å². The van der Waals surface area contributed by atoms with Gasteiger partial charge in [-0.25, -0.2) is 0 Å². The lowest BCUT2D eigenvalue weighted by Crippen LogP contribution is -2.14. The van der Waals surface area contributed by atoms with Crippen LogP contribution in [0.1, 0.15) is 74.2 Å². The molecule has 0 saturated carbocycles. The lowest BCUT2D eigenvalue weighted by molar-refractivity contribution is -0.137. The number of carbonyl (C=O) groups is 1. The number of halogens is 3. The van der Waals surface area contributed by atoms with E-state index in [0.29, 0.717) is 17.5 Å². The molecule has 6 heteroatoms. The van der Waals surface area contributed by atoms with Gasteiger partial charge in [0.1, 0.15) is 11.9 Å². The van der Waals surface area contributed by atoms with Crippen molar-refractivity contribution in [3.63, 3.8) is 0 Å². The number of hydrogen-bond donors (Lipinski definition) is 1. The van der Waals surface area contributed by atoms with Crippen molar-refractivity contribution in [3.05, 3.63) is 89.0 Å². The van der Waals surface area contributed by atoms with Crippen molar-refractivity contribution in [2.45, 2.75) is 58.7 Å². The number of amides is 1. The average molecular weight is 484 g/mol. The summed E-state index contributed by atoms with van der Waals surface area (Å²) in [4.78, 5) is 11.4. The topological polar surface area (TPSA) is 52.3 Å². The number of benzene rings is 3. The monoisotopic (exact) mass is 483 g/mol. The van der Waals surface area contributed by atoms with Gasteiger partial charge in [0, 0.05) is 5.56 Å². The molecule has 0 aliphatic rings. The van der Waals surface area contributed by atoms with Gasteiger partial charge >= 0.3 is 6.18 Å². The number of alkyl halides is 3. The first-order valence-electron chi connectivity index (χ1n) is 11.6. The van der Waals surface area contributed by atoms with Crippen molar-refractivity contribution in [2.75, 3.05) is 0 Å². The van der Waals surface area contributed by atoms with E-state index >= 15 is 0 Å². The van der Waals surface area contributed by atoms with Gasteiger partial charge in [0.05, 0.1) is 5.56 Å². The molecule has 1 amide bonds. The maximum Gasteiger partial charge on any atom is 0.417 e. The van der Waals surface area contributed by atoms with E-state index in [4.69, 9.17) is 10.5 Å². The maximum atomic E-state index is 14.1. The second-order valence-corrected chi connectivity index (χ2v) is 10.3. The zero-order valence-electron chi connectivity index (χ0n) is 20.7. The van der Waals surface area contributed by atoms with Crippen LogP contribution in [0.25, 0.3) is 11.1 Å². The van der Waals surface area contributed by atoms with Crippen LogP contribution in [0.15, 0.2) is 66.7 Å². The average Bonchev–Trinajstić information content (AvgIpc) is 2.77. The maximum absolute atomic E-state index is 14.1. The fourth-order valence-electron chi connectivity index (χ4n) is 3.94. The lowest BCUT2D eigenvalue weighted by atomic mass is 9.86. The van der Waals surface area contributed by atoms with Gasteiger partial charge in [-0.1, -0.05) is 77.1 Å². The molecule has 1 atom stereocenters. The molecular formula is C29H32F3NO2. The minimum atomic E-state index is -4.55. The zero-order chi connectivity index (χ0) is 26.0. The van der Waals surface area contributed by atoms with E-state index in [2.05, 4.69) is 20.8 Å². The minimum absolute atomic E-state index is 0.0931. The summed E-state index contributed by atoms with van der Waals surface area (Å²) < 4.78 is 48.3. The first-order valence-corrected chi connectivity index (χ1v) is 11.6. The summed E-state index contributed by atoms with van der Waals surface area (Å²) >= 11 is 0. The summed E-state index contributed by atoms with van der Waals surface area (Å²) in [6.07, 6.45) is -4.43. The van der Waals surface area contributed by atoms with Gasteiger partial charge in [-0.15, -0.1) is 0 Å². The molecule has 0 bridgehead atoms. The Balaban J connectivity index is 1.97. The Hall–Kier alpha value is -3.28. The van der Waals surface area contributed by atoms with Crippen molar-refractivity contribution < 1.29 is 22.7 Å². The van der Waals surface area contributed by atoms with E-state index in [1.54, 1.807) is 42.5 Å². The summed E-state index contributed by atoms with van der Waals surface area (Å²) in [6, 6.07) is 18.0. The van der Waals surface area contributed by atoms with Crippen LogP contribution in [0.3, 0.4) is 0 Å². The van der Waals surface area contributed by atoms with E-state index in [-0.39, 0.29) is 22.6 Å². The number of ether oxygens (including phenoxy) is 1. The normalized spacial score (nSPS) is 13.1. The Morgan fingerprint density at radius 2 is 1.51 bits per heavy atom. The van der Waals surface area contributed by atoms with Crippen molar-refractivity contribution in [1.29, 1.82) is 0 Å². The third kappa shape index (κ3) is 6.65. The first kappa shape index (κ1) is 26.3. The van der Waals surface area contributed by atoms with Gasteiger partial charge in [0.15, 0.2) is 0 Å². The summed E-state index contributed by atoms with van der Waals surface area (Å²) in [5.74, 6) is -0.172. The molecule has 3 nitrogen and oxygen atoms in total. The van der Waals surface area contributed by atoms with Gasteiger partial charge in [0.2, 0.25) is 5.91 Å². The van der Waals surface area contributed by atoms with Gasteiger partial charge in [-0.3, -0.25) is 4.79 Å². The van der Waals surface area contributed by atoms with Gasteiger partial charge in [-0.05, 0) is 64.3 Å². The molecule has 3 aromatic rings. The summed E-state index contributed by atoms with van der Waals surface area (Å²) in [7, 11) is 0. The fraction of sp³-hybridized carbons (Fsp3) is 0.345. The molecular weight excluding hydrogens is 451 g/mol. The Labute approximate surface area is 205 Å². The summed E-state index contributed by atoms with van der Waals surface area (Å²) in [5.41, 5.74) is 7.26. The summed E-state index contributed by atoms with van der Waals surface area (Å²) in [5, 5.41) is 0. The van der Waals surface area contributed by atoms with Crippen molar-refractivity contribution in [2.24, 2.45) is 11.7 Å². The predicted molar refractivity (Wildman–Crippen MR) is 133 cm³/mol. The Morgan fingerprint density at radius 1 is 0.914 bits per heavy atom. The number of rotatable bonds is 7. The van der Waals surface area contributed by atoms with Crippen LogP contribution >= 0.6 is 0 Å². The molecule has 3 rings (SSSR count). The highest BCUT2D eigenvalue weighted by Crippen LogP contribution is 2.41. The molecule has 1 unspecified atom stereocenters. The molecule has 186 valence electrons. The lowest BCUT2D eigenvalue weighted by Gasteiger charge is -2.23. The van der Waals surface area contributed by atoms with Crippen LogP contribution in [0.5, 0.6) is 5.75 Å². The first-order chi connectivity index (χ1) is 16.3. The molecule has 0 fully saturated rings. The van der Waals surface area contributed by atoms with E-state index in [0.717, 1.165) is 17.2 Å². The third-order valence-electron chi connectivity index (χ3n) is 5.89. The molecule has 0 aliphatic heterocycles. The Kier molecular flexibility index (Phi) is 7.63. The molecule has 0 heterocycles. The molecule has 0 saturated heterocycles. The zero-order valence-corrected chi connectivity index (χ0v) is 20.7. The van der Waals surface area contributed by atoms with Gasteiger partial charge in [0.25, 0.3) is 0 Å². The van der Waals surface area contributed by atoms with Crippen LogP contribution in [0.2, 0.25) is 0 Å². The van der Waals surface area contributed by atoms with Crippen LogP contribution in [-0.4, -0.2) is 5.91 Å². The number of primary amides is 1. The minimum Gasteiger partial charge on any atom is -0.486 e. The molecule has 0 aromatic heterocycles. The van der Waals surface area contributed by atoms with E-state index in [1.165, 1.54) is 6.07 Å². The second kappa shape index (κ2) is 10.1. The van der Waals surface area contributed by atoms with Gasteiger partial charge in [-0.2, -0.15) is 13.2 Å². The highest BCUT2D eigenvalue weighted by Gasteiger charge is 2.34. The summed E-state index contributed by atoms with van der Waals surface area (Å²) in [6.45, 7) is 10.2. The Morgan fingerprint density at radius 3 is 2.00 bits per heavy atom. The molecule has 35 heavy (non-hydrogen) atoms. The number of carbonyl (C=O) groups excluding carboxylic acids is 1. The van der Waals surface area contributed by atoms with Crippen molar-refractivity contribution >= 4 is 5.91 Å². The predicted octanol–water partition coefficient (Wildman–Crippen LogP) is 7.94. The van der Waals surface area contributed by atoms with E-state index in [9.17, 15) is 18.0 Å². The number of hydrogen-bond acceptors (Lipinski definition) is 2. The highest BCUT2D eigenvalue weighted by atomic mass is 19.4. The van der Waals surface area contributed by atoms with Crippen LogP contribution in [-0.2, 0) is 11.6 Å². The molecule has 2 N–H and O–H groups in total. The van der Waals surface area contributed by atoms with Crippen LogP contribution < -0.4 is 10.5 Å². The largest absolute Gasteiger partial charge is 0.486 e. The fourth-order valence-corrected chi connectivity index (χ4v) is 3.94. The Bertz CT molecular complexity index is 1160. The highest BCUT2D eigenvalue weighted by molar-refractivity contribution is 5.92. The smallest absolute Gasteiger partial charge is 0.417 e. The molecule has 3 aromatic carbocycles. The number of nitrogens with two attached hydrogens (primary N) is 1. The van der Waals surface area contributed by atoms with E-state index in [1.807, 2.05) is 26.0 Å². The SMILES string of the molecule is CC(C)CC(Oc1ccc(-c2ccc(C(C)(C)C)cc2)c(C(F)(F)F)c1)c1ccc(C(N)=O)cc1. The molecule has 0 aliphatic carbocycles. The molecule has 0 radical (unpaired) electrons. The standard InChI is InChI=1S/C29H32F3NO2/c1-18(2)16-26(20-6-8-21(9-7-20)27(33)34)35-23-14-15-24(25(17-23)29(30,31)32)19-10-12-22(13-11-19)28(3,4)5/h6-15,17-18,26H,16H2,1-5H3,(H2,33,34).